The van der Waals surface area contributed by atoms with Crippen molar-refractivity contribution in [1.29, 1.82) is 0 Å². The van der Waals surface area contributed by atoms with Crippen molar-refractivity contribution in [2.45, 2.75) is 0 Å². The third-order valence-corrected chi connectivity index (χ3v) is 3.48. The molecule has 2 rings (SSSR count). The van der Waals surface area contributed by atoms with Crippen molar-refractivity contribution in [3.05, 3.63) is 21.1 Å². The molecule has 0 fully saturated rings. The van der Waals surface area contributed by atoms with Gasteiger partial charge in [0, 0.05) is 0 Å². The molecule has 1 aromatic heterocycles. The molecule has 1 aromatic carbocycles. The fraction of sp³-hybridized carbons (Fsp3) is 0. The van der Waals surface area contributed by atoms with Gasteiger partial charge in [-0.3, -0.25) is 0 Å². The van der Waals surface area contributed by atoms with Gasteiger partial charge in [0.05, 0.1) is 0 Å². The van der Waals surface area contributed by atoms with E-state index in [9.17, 15) is 0 Å². The fourth-order valence-electron chi connectivity index (χ4n) is 0.818. The van der Waals surface area contributed by atoms with E-state index in [0.29, 0.717) is 0 Å². The van der Waals surface area contributed by atoms with Crippen LogP contribution in [0, 0.1) is 0 Å². The van der Waals surface area contributed by atoms with Crippen LogP contribution in [0.2, 0.25) is 0 Å². The van der Waals surface area contributed by atoms with Gasteiger partial charge in [-0.1, -0.05) is 0 Å². The number of aromatic nitrogens is 2. The molecule has 0 bridgehead atoms. The second-order valence-corrected chi connectivity index (χ2v) is 4.90. The Morgan fingerprint density at radius 2 is 2.00 bits per heavy atom. The molecule has 0 saturated carbocycles. The van der Waals surface area contributed by atoms with Gasteiger partial charge in [-0.05, 0) is 0 Å². The van der Waals surface area contributed by atoms with E-state index in [-0.39, 0.29) is 15.0 Å². The van der Waals surface area contributed by atoms with Crippen molar-refractivity contribution in [2.75, 3.05) is 0 Å². The summed E-state index contributed by atoms with van der Waals surface area (Å²) in [7, 11) is 0. The Morgan fingerprint density at radius 3 is 2.82 bits per heavy atom. The van der Waals surface area contributed by atoms with Crippen molar-refractivity contribution in [3.8, 4) is 0 Å². The van der Waals surface area contributed by atoms with Crippen LogP contribution in [0.15, 0.2) is 21.1 Å². The van der Waals surface area contributed by atoms with Crippen LogP contribution in [0.5, 0.6) is 0 Å². The molecular formula is C6H2Br2N2Se. The molecule has 0 aliphatic heterocycles. The van der Waals surface area contributed by atoms with Crippen molar-refractivity contribution in [1.82, 2.24) is 7.96 Å². The van der Waals surface area contributed by atoms with E-state index in [2.05, 4.69) is 39.8 Å². The Bertz CT molecular complexity index is 398. The van der Waals surface area contributed by atoms with E-state index < -0.39 is 0 Å². The van der Waals surface area contributed by atoms with Gasteiger partial charge >= 0.3 is 86.9 Å². The quantitative estimate of drug-likeness (QED) is 0.687. The predicted molar refractivity (Wildman–Crippen MR) is 51.9 cm³/mol. The molecule has 2 aromatic rings. The van der Waals surface area contributed by atoms with Gasteiger partial charge in [-0.25, -0.2) is 0 Å². The van der Waals surface area contributed by atoms with E-state index in [0.717, 1.165) is 20.0 Å². The Kier molecular flexibility index (Phi) is 2.14. The minimum absolute atomic E-state index is 0.0612. The molecule has 0 N–H and O–H groups in total. The van der Waals surface area contributed by atoms with Crippen LogP contribution in [0.3, 0.4) is 0 Å². The minimum atomic E-state index is 0.0612. The van der Waals surface area contributed by atoms with Crippen LogP contribution < -0.4 is 0 Å². The summed E-state index contributed by atoms with van der Waals surface area (Å²) < 4.78 is 10.6. The summed E-state index contributed by atoms with van der Waals surface area (Å²) >= 11 is 6.88. The predicted octanol–water partition coefficient (Wildman–Crippen LogP) is 2.21. The number of halogens is 2. The Labute approximate surface area is 86.5 Å². The van der Waals surface area contributed by atoms with E-state index in [1.165, 1.54) is 0 Å². The monoisotopic (exact) mass is 340 g/mol. The van der Waals surface area contributed by atoms with E-state index in [1.807, 2.05) is 12.1 Å². The Morgan fingerprint density at radius 1 is 1.18 bits per heavy atom. The fourth-order valence-corrected chi connectivity index (χ4v) is 3.51. The normalized spacial score (nSPS) is 10.7. The van der Waals surface area contributed by atoms with Gasteiger partial charge < -0.3 is 0 Å². The summed E-state index contributed by atoms with van der Waals surface area (Å²) in [6, 6.07) is 3.97. The molecule has 0 radical (unpaired) electrons. The molecule has 0 spiro atoms. The molecule has 2 nitrogen and oxygen atoms in total. The zero-order valence-corrected chi connectivity index (χ0v) is 10.1. The average Bonchev–Trinajstić information content (AvgIpc) is 2.34. The van der Waals surface area contributed by atoms with Gasteiger partial charge in [0.25, 0.3) is 0 Å². The molecule has 0 aliphatic rings. The number of hydrogen-bond donors (Lipinski definition) is 0. The van der Waals surface area contributed by atoms with E-state index in [1.54, 1.807) is 0 Å². The summed E-state index contributed by atoms with van der Waals surface area (Å²) in [4.78, 5) is 0. The number of fused-ring (bicyclic) bond motifs is 1. The second kappa shape index (κ2) is 2.98. The average molecular weight is 341 g/mol. The van der Waals surface area contributed by atoms with Gasteiger partial charge in [0.2, 0.25) is 0 Å². The molecule has 56 valence electrons. The SMILES string of the molecule is Brc1cc(Br)c2n[se]nc2c1. The molecule has 5 heteroatoms. The molecule has 1 heterocycles. The first-order valence-corrected chi connectivity index (χ1v) is 5.96. The van der Waals surface area contributed by atoms with Crippen LogP contribution in [-0.2, 0) is 0 Å². The standard InChI is InChI=1S/C6H2Br2N2Se/c7-3-1-4(8)6-5(2-3)9-11-10-6/h1-2H. The zero-order chi connectivity index (χ0) is 7.84. The van der Waals surface area contributed by atoms with Crippen LogP contribution >= 0.6 is 31.9 Å². The summed E-state index contributed by atoms with van der Waals surface area (Å²) in [6.07, 6.45) is 0. The molecule has 0 aliphatic carbocycles. The van der Waals surface area contributed by atoms with Crippen LogP contribution in [0.1, 0.15) is 0 Å². The van der Waals surface area contributed by atoms with Crippen molar-refractivity contribution in [2.24, 2.45) is 0 Å². The summed E-state index contributed by atoms with van der Waals surface area (Å²) in [5.41, 5.74) is 1.99. The van der Waals surface area contributed by atoms with Gasteiger partial charge in [-0.2, -0.15) is 0 Å². The zero-order valence-electron chi connectivity index (χ0n) is 5.21. The maximum absolute atomic E-state index is 4.27. The number of rotatable bonds is 0. The van der Waals surface area contributed by atoms with Crippen LogP contribution in [0.4, 0.5) is 0 Å². The van der Waals surface area contributed by atoms with E-state index in [4.69, 9.17) is 0 Å². The Hall–Kier alpha value is 0.299. The van der Waals surface area contributed by atoms with Gasteiger partial charge in [0.15, 0.2) is 0 Å². The summed E-state index contributed by atoms with van der Waals surface area (Å²) in [5, 5.41) is 0. The topological polar surface area (TPSA) is 25.8 Å². The first-order chi connectivity index (χ1) is 5.27. The molecular weight excluding hydrogens is 339 g/mol. The van der Waals surface area contributed by atoms with Gasteiger partial charge in [0.1, 0.15) is 0 Å². The number of hydrogen-bond acceptors (Lipinski definition) is 2. The van der Waals surface area contributed by atoms with Crippen molar-refractivity contribution >= 4 is 57.9 Å². The third kappa shape index (κ3) is 1.43. The molecule has 11 heavy (non-hydrogen) atoms. The van der Waals surface area contributed by atoms with Crippen LogP contribution in [0.25, 0.3) is 11.0 Å². The van der Waals surface area contributed by atoms with Crippen molar-refractivity contribution in [3.63, 3.8) is 0 Å². The molecule has 0 saturated heterocycles. The molecule has 0 amide bonds. The molecule has 0 atom stereocenters. The second-order valence-electron chi connectivity index (χ2n) is 2.02. The Balaban J connectivity index is 2.91. The summed E-state index contributed by atoms with van der Waals surface area (Å²) in [6.45, 7) is 0. The van der Waals surface area contributed by atoms with Crippen LogP contribution in [-0.4, -0.2) is 22.9 Å². The summed E-state index contributed by atoms with van der Waals surface area (Å²) in [5.74, 6) is 0. The maximum atomic E-state index is 4.27. The van der Waals surface area contributed by atoms with Crippen molar-refractivity contribution < 1.29 is 0 Å². The number of benzene rings is 1. The van der Waals surface area contributed by atoms with Gasteiger partial charge in [-0.15, -0.1) is 0 Å². The molecule has 0 unspecified atom stereocenters. The first kappa shape index (κ1) is 7.92. The number of nitrogens with zero attached hydrogens (tertiary/aromatic N) is 2. The first-order valence-electron chi connectivity index (χ1n) is 2.85. The third-order valence-electron chi connectivity index (χ3n) is 1.28. The van der Waals surface area contributed by atoms with E-state index >= 15 is 0 Å².